The van der Waals surface area contributed by atoms with Gasteiger partial charge in [0, 0.05) is 23.3 Å². The van der Waals surface area contributed by atoms with Crippen LogP contribution >= 0.6 is 11.3 Å². The Labute approximate surface area is 231 Å². The molecule has 0 fully saturated rings. The summed E-state index contributed by atoms with van der Waals surface area (Å²) in [5.74, 6) is -0.428. The van der Waals surface area contributed by atoms with Crippen LogP contribution in [0.15, 0.2) is 64.8 Å². The normalized spacial score (nSPS) is 11.8. The molecule has 0 saturated heterocycles. The quantitative estimate of drug-likeness (QED) is 0.276. The van der Waals surface area contributed by atoms with E-state index in [1.807, 2.05) is 41.9 Å². The van der Waals surface area contributed by atoms with Crippen LogP contribution in [-0.2, 0) is 30.4 Å². The Morgan fingerprint density at radius 1 is 1.07 bits per heavy atom. The number of carbonyl (C=O) groups excluding carboxylic acids is 1. The van der Waals surface area contributed by atoms with Gasteiger partial charge in [0.2, 0.25) is 5.91 Å². The van der Waals surface area contributed by atoms with Crippen LogP contribution in [0.3, 0.4) is 0 Å². The maximum absolute atomic E-state index is 13.7. The molecule has 5 aromatic rings. The van der Waals surface area contributed by atoms with Gasteiger partial charge in [0.15, 0.2) is 4.96 Å². The van der Waals surface area contributed by atoms with Gasteiger partial charge in [-0.05, 0) is 55.7 Å². The Bertz CT molecular complexity index is 1780. The Morgan fingerprint density at radius 2 is 1.85 bits per heavy atom. The van der Waals surface area contributed by atoms with Gasteiger partial charge in [0.25, 0.3) is 5.56 Å². The average molecular weight is 566 g/mol. The number of aromatic nitrogens is 4. The number of hydrogen-bond donors (Lipinski definition) is 1. The summed E-state index contributed by atoms with van der Waals surface area (Å²) in [6.45, 7) is 5.68. The second kappa shape index (κ2) is 10.7. The van der Waals surface area contributed by atoms with Crippen molar-refractivity contribution in [3.8, 4) is 16.9 Å². The van der Waals surface area contributed by atoms with Crippen molar-refractivity contribution in [3.63, 3.8) is 0 Å². The van der Waals surface area contributed by atoms with Gasteiger partial charge in [-0.15, -0.1) is 11.3 Å². The minimum absolute atomic E-state index is 0.0712. The number of carbonyl (C=O) groups is 1. The van der Waals surface area contributed by atoms with Crippen LogP contribution in [0.25, 0.3) is 21.9 Å². The van der Waals surface area contributed by atoms with E-state index in [1.54, 1.807) is 12.3 Å². The molecule has 0 aliphatic rings. The van der Waals surface area contributed by atoms with Crippen LogP contribution in [0.2, 0.25) is 0 Å². The third-order valence-corrected chi connectivity index (χ3v) is 7.53. The molecular weight excluding hydrogens is 539 g/mol. The second-order valence-electron chi connectivity index (χ2n) is 9.44. The number of para-hydroxylation sites is 1. The third-order valence-electron chi connectivity index (χ3n) is 6.65. The Hall–Kier alpha value is -4.25. The van der Waals surface area contributed by atoms with Crippen molar-refractivity contribution in [2.24, 2.45) is 0 Å². The minimum atomic E-state index is -4.46. The predicted molar refractivity (Wildman–Crippen MR) is 148 cm³/mol. The van der Waals surface area contributed by atoms with E-state index in [-0.39, 0.29) is 18.5 Å². The van der Waals surface area contributed by atoms with Gasteiger partial charge < -0.3 is 5.32 Å². The number of fused-ring (bicyclic) bond motifs is 1. The first-order valence-corrected chi connectivity index (χ1v) is 13.5. The zero-order valence-corrected chi connectivity index (χ0v) is 22.9. The van der Waals surface area contributed by atoms with E-state index in [2.05, 4.69) is 17.2 Å². The maximum atomic E-state index is 13.7. The monoisotopic (exact) mass is 565 g/mol. The lowest BCUT2D eigenvalue weighted by molar-refractivity contribution is -0.137. The van der Waals surface area contributed by atoms with Crippen LogP contribution in [0.4, 0.5) is 13.2 Å². The number of rotatable bonds is 7. The van der Waals surface area contributed by atoms with E-state index in [0.29, 0.717) is 33.2 Å². The molecule has 2 aromatic carbocycles. The SMILES string of the molecule is CCc1ccccc1-n1nc(-c2c(C)nc3scc(CC(=O)NCc4cccc(C(F)(F)F)c4)n3c2=O)cc1C. The number of thiazole rings is 1. The molecule has 0 unspecified atom stereocenters. The number of nitrogens with zero attached hydrogens (tertiary/aromatic N) is 4. The molecule has 0 aliphatic heterocycles. The van der Waals surface area contributed by atoms with Crippen molar-refractivity contribution >= 4 is 22.2 Å². The summed E-state index contributed by atoms with van der Waals surface area (Å²) in [7, 11) is 0. The number of alkyl halides is 3. The standard InChI is InChI=1S/C29H26F3N5O2S/c1-4-20-9-5-6-11-24(20)37-17(2)12-23(35-37)26-18(3)34-28-36(27(26)39)22(16-40-28)14-25(38)33-15-19-8-7-10-21(13-19)29(30,31)32/h5-13,16H,4,14-15H2,1-3H3,(H,33,38). The van der Waals surface area contributed by atoms with Crippen LogP contribution in [0.1, 0.15) is 40.7 Å². The molecule has 206 valence electrons. The van der Waals surface area contributed by atoms with E-state index in [1.165, 1.54) is 27.9 Å². The molecule has 3 heterocycles. The van der Waals surface area contributed by atoms with Crippen molar-refractivity contribution in [2.45, 2.75) is 46.3 Å². The van der Waals surface area contributed by atoms with E-state index in [0.717, 1.165) is 35.5 Å². The molecule has 0 spiro atoms. The summed E-state index contributed by atoms with van der Waals surface area (Å²) in [6.07, 6.45) is -3.78. The van der Waals surface area contributed by atoms with Crippen molar-refractivity contribution < 1.29 is 18.0 Å². The largest absolute Gasteiger partial charge is 0.416 e. The van der Waals surface area contributed by atoms with Gasteiger partial charge in [-0.25, -0.2) is 9.67 Å². The summed E-state index contributed by atoms with van der Waals surface area (Å²) in [6, 6.07) is 14.6. The smallest absolute Gasteiger partial charge is 0.352 e. The zero-order chi connectivity index (χ0) is 28.6. The zero-order valence-electron chi connectivity index (χ0n) is 22.0. The summed E-state index contributed by atoms with van der Waals surface area (Å²) in [5, 5.41) is 9.09. The van der Waals surface area contributed by atoms with E-state index in [9.17, 15) is 22.8 Å². The Kier molecular flexibility index (Phi) is 7.33. The molecule has 11 heteroatoms. The highest BCUT2D eigenvalue weighted by Crippen LogP contribution is 2.29. The highest BCUT2D eigenvalue weighted by molar-refractivity contribution is 7.15. The van der Waals surface area contributed by atoms with E-state index in [4.69, 9.17) is 5.10 Å². The first-order valence-electron chi connectivity index (χ1n) is 12.6. The van der Waals surface area contributed by atoms with Crippen LogP contribution < -0.4 is 10.9 Å². The lowest BCUT2D eigenvalue weighted by Gasteiger charge is -2.10. The Morgan fingerprint density at radius 3 is 2.60 bits per heavy atom. The molecule has 0 saturated carbocycles. The number of nitrogens with one attached hydrogen (secondary N) is 1. The van der Waals surface area contributed by atoms with Gasteiger partial charge in [-0.3, -0.25) is 14.0 Å². The number of amides is 1. The molecular formula is C29H26F3N5O2S. The first kappa shape index (κ1) is 27.3. The fourth-order valence-electron chi connectivity index (χ4n) is 4.67. The first-order chi connectivity index (χ1) is 19.1. The van der Waals surface area contributed by atoms with Gasteiger partial charge in [-0.2, -0.15) is 18.3 Å². The van der Waals surface area contributed by atoms with Gasteiger partial charge in [-0.1, -0.05) is 37.3 Å². The number of halogens is 3. The second-order valence-corrected chi connectivity index (χ2v) is 10.3. The Balaban J connectivity index is 1.43. The van der Waals surface area contributed by atoms with Crippen molar-refractivity contribution in [1.82, 2.24) is 24.5 Å². The van der Waals surface area contributed by atoms with Crippen molar-refractivity contribution in [1.29, 1.82) is 0 Å². The molecule has 0 radical (unpaired) electrons. The predicted octanol–water partition coefficient (Wildman–Crippen LogP) is 5.67. The summed E-state index contributed by atoms with van der Waals surface area (Å²) in [5.41, 5.74) is 3.93. The fourth-order valence-corrected chi connectivity index (χ4v) is 5.59. The molecule has 0 aliphatic carbocycles. The molecule has 40 heavy (non-hydrogen) atoms. The third kappa shape index (κ3) is 5.29. The molecule has 5 rings (SSSR count). The van der Waals surface area contributed by atoms with Gasteiger partial charge >= 0.3 is 6.18 Å². The van der Waals surface area contributed by atoms with Crippen LogP contribution in [0.5, 0.6) is 0 Å². The minimum Gasteiger partial charge on any atom is -0.352 e. The molecule has 1 amide bonds. The fraction of sp³-hybridized carbons (Fsp3) is 0.241. The average Bonchev–Trinajstić information content (AvgIpc) is 3.50. The topological polar surface area (TPSA) is 81.3 Å². The number of aryl methyl sites for hydroxylation is 3. The van der Waals surface area contributed by atoms with Crippen molar-refractivity contribution in [3.05, 3.63) is 104 Å². The molecule has 3 aromatic heterocycles. The molecule has 7 nitrogen and oxygen atoms in total. The molecule has 0 atom stereocenters. The van der Waals surface area contributed by atoms with Crippen LogP contribution in [-0.4, -0.2) is 25.1 Å². The molecule has 0 bridgehead atoms. The molecule has 1 N–H and O–H groups in total. The lowest BCUT2D eigenvalue weighted by atomic mass is 10.1. The summed E-state index contributed by atoms with van der Waals surface area (Å²) >= 11 is 1.24. The van der Waals surface area contributed by atoms with E-state index >= 15 is 0 Å². The lowest BCUT2D eigenvalue weighted by Crippen LogP contribution is -2.27. The summed E-state index contributed by atoms with van der Waals surface area (Å²) in [4.78, 5) is 31.5. The van der Waals surface area contributed by atoms with Gasteiger partial charge in [0.1, 0.15) is 5.69 Å². The maximum Gasteiger partial charge on any atom is 0.416 e. The number of hydrogen-bond acceptors (Lipinski definition) is 5. The van der Waals surface area contributed by atoms with Crippen LogP contribution in [0, 0.1) is 13.8 Å². The highest BCUT2D eigenvalue weighted by atomic mass is 32.1. The summed E-state index contributed by atoms with van der Waals surface area (Å²) < 4.78 is 42.2. The number of benzene rings is 2. The van der Waals surface area contributed by atoms with Gasteiger partial charge in [0.05, 0.1) is 28.9 Å². The van der Waals surface area contributed by atoms with Crippen molar-refractivity contribution in [2.75, 3.05) is 0 Å². The van der Waals surface area contributed by atoms with E-state index < -0.39 is 17.6 Å². The highest BCUT2D eigenvalue weighted by Gasteiger charge is 2.30.